The first kappa shape index (κ1) is 16.0. The molecule has 19 heavy (non-hydrogen) atoms. The summed E-state index contributed by atoms with van der Waals surface area (Å²) in [6.07, 6.45) is 8.40. The van der Waals surface area contributed by atoms with Crippen molar-refractivity contribution in [2.45, 2.75) is 72.5 Å². The van der Waals surface area contributed by atoms with Gasteiger partial charge in [-0.2, -0.15) is 0 Å². The maximum absolute atomic E-state index is 6.01. The zero-order valence-corrected chi connectivity index (χ0v) is 12.8. The van der Waals surface area contributed by atoms with Crippen LogP contribution in [0.1, 0.15) is 62.8 Å². The van der Waals surface area contributed by atoms with Crippen LogP contribution in [0.5, 0.6) is 0 Å². The van der Waals surface area contributed by atoms with E-state index >= 15 is 0 Å². The molecule has 0 spiro atoms. The maximum Gasteiger partial charge on any atom is 0.0894 e. The number of unbranched alkanes of at least 4 members (excludes halogenated alkanes) is 3. The minimum absolute atomic E-state index is 0.292. The van der Waals surface area contributed by atoms with Crippen LogP contribution in [0, 0.1) is 13.8 Å². The van der Waals surface area contributed by atoms with Gasteiger partial charge in [-0.25, -0.2) is 0 Å². The molecule has 1 aromatic rings. The van der Waals surface area contributed by atoms with E-state index in [1.54, 1.807) is 0 Å². The molecule has 0 saturated carbocycles. The summed E-state index contributed by atoms with van der Waals surface area (Å²) in [5, 5.41) is 0. The number of anilines is 1. The summed E-state index contributed by atoms with van der Waals surface area (Å²) in [5.41, 5.74) is 9.90. The summed E-state index contributed by atoms with van der Waals surface area (Å²) in [6, 6.07) is 0. The molecular weight excluding hydrogens is 236 g/mol. The van der Waals surface area contributed by atoms with Crippen LogP contribution in [0.2, 0.25) is 0 Å². The molecule has 0 radical (unpaired) electrons. The maximum atomic E-state index is 6.01. The molecule has 0 aliphatic heterocycles. The summed E-state index contributed by atoms with van der Waals surface area (Å²) >= 11 is 0. The van der Waals surface area contributed by atoms with Gasteiger partial charge in [0.05, 0.1) is 18.4 Å². The van der Waals surface area contributed by atoms with E-state index in [0.717, 1.165) is 28.9 Å². The molecule has 1 rings (SSSR count). The molecule has 0 aromatic carbocycles. The van der Waals surface area contributed by atoms with Crippen LogP contribution in [0.4, 0.5) is 5.69 Å². The van der Waals surface area contributed by atoms with Crippen molar-refractivity contribution >= 4 is 5.69 Å². The minimum Gasteiger partial charge on any atom is -0.398 e. The van der Waals surface area contributed by atoms with Crippen molar-refractivity contribution in [1.29, 1.82) is 0 Å². The topological polar surface area (TPSA) is 48.1 Å². The van der Waals surface area contributed by atoms with E-state index in [2.05, 4.69) is 18.8 Å². The van der Waals surface area contributed by atoms with E-state index in [1.807, 2.05) is 20.0 Å². The van der Waals surface area contributed by atoms with E-state index < -0.39 is 0 Å². The predicted molar refractivity (Wildman–Crippen MR) is 81.1 cm³/mol. The Hall–Kier alpha value is -1.09. The van der Waals surface area contributed by atoms with E-state index in [1.165, 1.54) is 25.7 Å². The number of nitrogen functional groups attached to an aromatic ring is 1. The number of pyridine rings is 1. The fourth-order valence-corrected chi connectivity index (χ4v) is 2.10. The zero-order chi connectivity index (χ0) is 14.3. The highest BCUT2D eigenvalue weighted by Crippen LogP contribution is 2.19. The van der Waals surface area contributed by atoms with E-state index in [-0.39, 0.29) is 0 Å². The zero-order valence-electron chi connectivity index (χ0n) is 12.8. The predicted octanol–water partition coefficient (Wildman–Crippen LogP) is 4.16. The normalized spacial score (nSPS) is 12.6. The van der Waals surface area contributed by atoms with Crippen molar-refractivity contribution < 1.29 is 4.74 Å². The quantitative estimate of drug-likeness (QED) is 0.717. The highest BCUT2D eigenvalue weighted by Gasteiger charge is 2.08. The van der Waals surface area contributed by atoms with Gasteiger partial charge in [-0.3, -0.25) is 4.98 Å². The van der Waals surface area contributed by atoms with Gasteiger partial charge in [0.1, 0.15) is 0 Å². The average molecular weight is 264 g/mol. The van der Waals surface area contributed by atoms with Crippen LogP contribution in [0.25, 0.3) is 0 Å². The molecule has 1 unspecified atom stereocenters. The Balaban J connectivity index is 2.38. The Kier molecular flexibility index (Phi) is 6.85. The van der Waals surface area contributed by atoms with Gasteiger partial charge >= 0.3 is 0 Å². The molecule has 0 fully saturated rings. The molecular formula is C16H28N2O. The molecule has 1 aromatic heterocycles. The van der Waals surface area contributed by atoms with Crippen molar-refractivity contribution in [2.75, 3.05) is 5.73 Å². The first-order valence-electron chi connectivity index (χ1n) is 7.38. The second-order valence-corrected chi connectivity index (χ2v) is 5.40. The number of nitrogens with two attached hydrogens (primary N) is 1. The smallest absolute Gasteiger partial charge is 0.0894 e. The standard InChI is InChI=1S/C16H28N2O/c1-5-6-7-8-9-13(3)19-11-15-14(4)16(17)12(2)10-18-15/h10,13H,5-9,11H2,1-4H3,(H2,17,18). The van der Waals surface area contributed by atoms with E-state index in [9.17, 15) is 0 Å². The third kappa shape index (κ3) is 5.19. The summed E-state index contributed by atoms with van der Waals surface area (Å²) < 4.78 is 5.87. The van der Waals surface area contributed by atoms with Gasteiger partial charge in [-0.05, 0) is 38.3 Å². The van der Waals surface area contributed by atoms with Gasteiger partial charge in [0.25, 0.3) is 0 Å². The lowest BCUT2D eigenvalue weighted by Gasteiger charge is -2.15. The van der Waals surface area contributed by atoms with Crippen molar-refractivity contribution in [3.05, 3.63) is 23.0 Å². The number of aromatic nitrogens is 1. The molecule has 108 valence electrons. The third-order valence-electron chi connectivity index (χ3n) is 3.64. The van der Waals surface area contributed by atoms with Crippen LogP contribution in [0.3, 0.4) is 0 Å². The van der Waals surface area contributed by atoms with Crippen LogP contribution in [0.15, 0.2) is 6.20 Å². The van der Waals surface area contributed by atoms with Crippen LogP contribution in [-0.4, -0.2) is 11.1 Å². The van der Waals surface area contributed by atoms with Gasteiger partial charge in [0, 0.05) is 11.9 Å². The SMILES string of the molecule is CCCCCCC(C)OCc1ncc(C)c(N)c1C. The summed E-state index contributed by atoms with van der Waals surface area (Å²) in [5.74, 6) is 0. The molecule has 0 aliphatic carbocycles. The average Bonchev–Trinajstić information content (AvgIpc) is 2.40. The number of hydrogen-bond donors (Lipinski definition) is 1. The Labute approximate surface area is 117 Å². The summed E-state index contributed by atoms with van der Waals surface area (Å²) in [4.78, 5) is 4.42. The second kappa shape index (κ2) is 8.16. The summed E-state index contributed by atoms with van der Waals surface area (Å²) in [6.45, 7) is 8.93. The highest BCUT2D eigenvalue weighted by atomic mass is 16.5. The first-order valence-corrected chi connectivity index (χ1v) is 7.38. The fourth-order valence-electron chi connectivity index (χ4n) is 2.10. The van der Waals surface area contributed by atoms with Crippen LogP contribution >= 0.6 is 0 Å². The number of nitrogens with zero attached hydrogens (tertiary/aromatic N) is 1. The number of rotatable bonds is 8. The van der Waals surface area contributed by atoms with Crippen LogP contribution in [-0.2, 0) is 11.3 Å². The molecule has 0 bridgehead atoms. The lowest BCUT2D eigenvalue weighted by Crippen LogP contribution is -2.10. The second-order valence-electron chi connectivity index (χ2n) is 5.40. The van der Waals surface area contributed by atoms with E-state index in [4.69, 9.17) is 10.5 Å². The Bertz CT molecular complexity index is 391. The first-order chi connectivity index (χ1) is 9.06. The minimum atomic E-state index is 0.292. The number of aryl methyl sites for hydroxylation is 1. The largest absolute Gasteiger partial charge is 0.398 e. The molecule has 0 saturated heterocycles. The fraction of sp³-hybridized carbons (Fsp3) is 0.688. The van der Waals surface area contributed by atoms with Crippen LogP contribution < -0.4 is 5.73 Å². The molecule has 3 nitrogen and oxygen atoms in total. The Morgan fingerprint density at radius 2 is 2.00 bits per heavy atom. The molecule has 0 aliphatic rings. The number of hydrogen-bond acceptors (Lipinski definition) is 3. The molecule has 1 heterocycles. The van der Waals surface area contributed by atoms with E-state index in [0.29, 0.717) is 12.7 Å². The lowest BCUT2D eigenvalue weighted by molar-refractivity contribution is 0.0437. The third-order valence-corrected chi connectivity index (χ3v) is 3.64. The van der Waals surface area contributed by atoms with Gasteiger partial charge < -0.3 is 10.5 Å². The van der Waals surface area contributed by atoms with Crippen molar-refractivity contribution in [3.63, 3.8) is 0 Å². The van der Waals surface area contributed by atoms with Gasteiger partial charge in [0.15, 0.2) is 0 Å². The Morgan fingerprint density at radius 3 is 2.68 bits per heavy atom. The highest BCUT2D eigenvalue weighted by molar-refractivity contribution is 5.53. The monoisotopic (exact) mass is 264 g/mol. The number of ether oxygens (including phenoxy) is 1. The van der Waals surface area contributed by atoms with Crippen molar-refractivity contribution in [3.8, 4) is 0 Å². The molecule has 3 heteroatoms. The van der Waals surface area contributed by atoms with Gasteiger partial charge in [-0.1, -0.05) is 32.6 Å². The van der Waals surface area contributed by atoms with Gasteiger partial charge in [-0.15, -0.1) is 0 Å². The van der Waals surface area contributed by atoms with Gasteiger partial charge in [0.2, 0.25) is 0 Å². The molecule has 1 atom stereocenters. The Morgan fingerprint density at radius 1 is 1.26 bits per heavy atom. The molecule has 0 amide bonds. The molecule has 2 N–H and O–H groups in total. The van der Waals surface area contributed by atoms with Crippen molar-refractivity contribution in [2.24, 2.45) is 0 Å². The summed E-state index contributed by atoms with van der Waals surface area (Å²) in [7, 11) is 0. The van der Waals surface area contributed by atoms with Crippen molar-refractivity contribution in [1.82, 2.24) is 4.98 Å². The lowest BCUT2D eigenvalue weighted by atomic mass is 10.1.